The Morgan fingerprint density at radius 2 is 1.67 bits per heavy atom. The van der Waals surface area contributed by atoms with Crippen LogP contribution in [0.5, 0.6) is 5.75 Å². The molecule has 0 aliphatic heterocycles. The number of hydrogen-bond donors (Lipinski definition) is 2. The molecule has 188 valence electrons. The molecule has 0 atom stereocenters. The predicted octanol–water partition coefficient (Wildman–Crippen LogP) is 4.04. The third-order valence-corrected chi connectivity index (χ3v) is 7.01. The number of carbonyl (C=O) groups is 2. The van der Waals surface area contributed by atoms with E-state index < -0.39 is 22.5 Å². The third kappa shape index (κ3) is 6.61. The van der Waals surface area contributed by atoms with Gasteiger partial charge in [0.2, 0.25) is 5.91 Å². The first-order chi connectivity index (χ1) is 17.1. The van der Waals surface area contributed by atoms with E-state index in [2.05, 4.69) is 15.8 Å². The molecule has 3 aromatic rings. The highest BCUT2D eigenvalue weighted by atomic mass is 35.5. The predicted molar refractivity (Wildman–Crippen MR) is 140 cm³/mol. The van der Waals surface area contributed by atoms with E-state index in [-0.39, 0.29) is 27.3 Å². The van der Waals surface area contributed by atoms with Crippen LogP contribution in [0.15, 0.2) is 82.8 Å². The largest absolute Gasteiger partial charge is 0.495 e. The summed E-state index contributed by atoms with van der Waals surface area (Å²) in [6, 6.07) is 19.1. The fraction of sp³-hybridized carbons (Fsp3) is 0.160. The lowest BCUT2D eigenvalue weighted by atomic mass is 10.1. The van der Waals surface area contributed by atoms with Crippen molar-refractivity contribution < 1.29 is 22.7 Å². The summed E-state index contributed by atoms with van der Waals surface area (Å²) in [7, 11) is -2.76. The van der Waals surface area contributed by atoms with Gasteiger partial charge >= 0.3 is 0 Å². The van der Waals surface area contributed by atoms with Crippen molar-refractivity contribution >= 4 is 50.5 Å². The molecule has 36 heavy (non-hydrogen) atoms. The highest BCUT2D eigenvalue weighted by molar-refractivity contribution is 7.92. The second kappa shape index (κ2) is 11.7. The Bertz CT molecular complexity index is 1380. The van der Waals surface area contributed by atoms with Gasteiger partial charge in [-0.15, -0.1) is 0 Å². The molecule has 0 fully saturated rings. The summed E-state index contributed by atoms with van der Waals surface area (Å²) in [5.74, 6) is -0.636. The van der Waals surface area contributed by atoms with Gasteiger partial charge in [-0.25, -0.2) is 13.8 Å². The highest BCUT2D eigenvalue weighted by Crippen LogP contribution is 2.34. The molecule has 0 saturated carbocycles. The third-order valence-electron chi connectivity index (χ3n) is 5.00. The molecule has 0 heterocycles. The molecule has 3 aromatic carbocycles. The zero-order valence-electron chi connectivity index (χ0n) is 19.9. The molecule has 0 aromatic heterocycles. The van der Waals surface area contributed by atoms with Crippen molar-refractivity contribution in [1.82, 2.24) is 5.43 Å². The van der Waals surface area contributed by atoms with Gasteiger partial charge in [-0.2, -0.15) is 5.10 Å². The first-order valence-corrected chi connectivity index (χ1v) is 12.6. The van der Waals surface area contributed by atoms with Crippen LogP contribution in [0.4, 0.5) is 11.4 Å². The maximum Gasteiger partial charge on any atom is 0.264 e. The molecule has 0 saturated heterocycles. The molecule has 3 rings (SSSR count). The maximum absolute atomic E-state index is 13.5. The molecular formula is C25H25ClN4O5S. The van der Waals surface area contributed by atoms with Crippen molar-refractivity contribution in [3.05, 3.63) is 83.4 Å². The van der Waals surface area contributed by atoms with Gasteiger partial charge in [0, 0.05) is 17.6 Å². The number of nitrogens with zero attached hydrogens (tertiary/aromatic N) is 2. The topological polar surface area (TPSA) is 117 Å². The summed E-state index contributed by atoms with van der Waals surface area (Å²) in [4.78, 5) is 24.0. The van der Waals surface area contributed by atoms with Crippen LogP contribution in [0.3, 0.4) is 0 Å². The Morgan fingerprint density at radius 3 is 2.28 bits per heavy atom. The zero-order chi connectivity index (χ0) is 26.3. The van der Waals surface area contributed by atoms with Crippen LogP contribution in [0, 0.1) is 0 Å². The van der Waals surface area contributed by atoms with Crippen LogP contribution >= 0.6 is 11.6 Å². The van der Waals surface area contributed by atoms with E-state index in [1.165, 1.54) is 38.3 Å². The zero-order valence-corrected chi connectivity index (χ0v) is 21.4. The van der Waals surface area contributed by atoms with Crippen LogP contribution in [-0.4, -0.2) is 39.6 Å². The minimum absolute atomic E-state index is 0.00114. The lowest BCUT2D eigenvalue weighted by molar-refractivity contribution is -0.119. The maximum atomic E-state index is 13.5. The number of ether oxygens (including phenoxy) is 1. The molecule has 2 amide bonds. The molecule has 0 aliphatic carbocycles. The van der Waals surface area contributed by atoms with Gasteiger partial charge in [0.25, 0.3) is 15.9 Å². The van der Waals surface area contributed by atoms with Gasteiger partial charge in [0.15, 0.2) is 0 Å². The normalized spacial score (nSPS) is 11.5. The van der Waals surface area contributed by atoms with Gasteiger partial charge in [-0.1, -0.05) is 41.9 Å². The second-order valence-corrected chi connectivity index (χ2v) is 9.93. The number of hydrogen-bond acceptors (Lipinski definition) is 6. The molecule has 11 heteroatoms. The Morgan fingerprint density at radius 1 is 1.00 bits per heavy atom. The van der Waals surface area contributed by atoms with Crippen molar-refractivity contribution in [3.63, 3.8) is 0 Å². The Kier molecular flexibility index (Phi) is 8.68. The molecule has 0 bridgehead atoms. The summed E-state index contributed by atoms with van der Waals surface area (Å²) in [6.45, 7) is 2.52. The number of methoxy groups -OCH3 is 1. The van der Waals surface area contributed by atoms with E-state index in [0.717, 1.165) is 4.31 Å². The van der Waals surface area contributed by atoms with Crippen LogP contribution in [0.1, 0.15) is 19.4 Å². The first-order valence-electron chi connectivity index (χ1n) is 10.7. The number of nitrogens with one attached hydrogen (secondary N) is 2. The number of carbonyl (C=O) groups excluding carboxylic acids is 2. The molecule has 0 unspecified atom stereocenters. The quantitative estimate of drug-likeness (QED) is 0.321. The molecule has 0 radical (unpaired) electrons. The van der Waals surface area contributed by atoms with Crippen LogP contribution in [0.2, 0.25) is 5.02 Å². The minimum Gasteiger partial charge on any atom is -0.495 e. The summed E-state index contributed by atoms with van der Waals surface area (Å²) in [5, 5.41) is 7.04. The van der Waals surface area contributed by atoms with Crippen molar-refractivity contribution in [2.24, 2.45) is 5.10 Å². The fourth-order valence-electron chi connectivity index (χ4n) is 3.25. The minimum atomic E-state index is -4.15. The second-order valence-electron chi connectivity index (χ2n) is 7.63. The highest BCUT2D eigenvalue weighted by Gasteiger charge is 2.29. The van der Waals surface area contributed by atoms with E-state index in [0.29, 0.717) is 17.0 Å². The molecule has 2 N–H and O–H groups in total. The van der Waals surface area contributed by atoms with E-state index in [9.17, 15) is 18.0 Å². The monoisotopic (exact) mass is 528 g/mol. The molecule has 0 aliphatic rings. The fourth-order valence-corrected chi connectivity index (χ4v) is 4.86. The number of sulfonamides is 1. The van der Waals surface area contributed by atoms with Gasteiger partial charge < -0.3 is 10.1 Å². The van der Waals surface area contributed by atoms with Crippen molar-refractivity contribution in [3.8, 4) is 5.75 Å². The van der Waals surface area contributed by atoms with Gasteiger partial charge in [-0.05, 0) is 55.0 Å². The van der Waals surface area contributed by atoms with E-state index >= 15 is 0 Å². The Labute approximate surface area is 214 Å². The number of benzene rings is 3. The van der Waals surface area contributed by atoms with E-state index in [1.807, 2.05) is 0 Å². The number of rotatable bonds is 9. The summed E-state index contributed by atoms with van der Waals surface area (Å²) < 4.78 is 33.3. The first kappa shape index (κ1) is 26.7. The SMILES string of the molecule is COc1ccc(Cl)cc1N(CC(=O)N/N=C(/C)c1ccc(NC(C)=O)cc1)S(=O)(=O)c1ccccc1. The lowest BCUT2D eigenvalue weighted by Crippen LogP contribution is -2.40. The summed E-state index contributed by atoms with van der Waals surface area (Å²) in [5.41, 5.74) is 4.32. The molecule has 0 spiro atoms. The van der Waals surface area contributed by atoms with Crippen molar-refractivity contribution in [1.29, 1.82) is 0 Å². The smallest absolute Gasteiger partial charge is 0.264 e. The molecular weight excluding hydrogens is 504 g/mol. The number of hydrazone groups is 1. The number of anilines is 2. The Balaban J connectivity index is 1.87. The van der Waals surface area contributed by atoms with Crippen LogP contribution in [-0.2, 0) is 19.6 Å². The van der Waals surface area contributed by atoms with Gasteiger partial charge in [0.05, 0.1) is 23.4 Å². The van der Waals surface area contributed by atoms with E-state index in [4.69, 9.17) is 16.3 Å². The molecule has 9 nitrogen and oxygen atoms in total. The summed E-state index contributed by atoms with van der Waals surface area (Å²) >= 11 is 6.14. The average Bonchev–Trinajstić information content (AvgIpc) is 2.86. The Hall–Kier alpha value is -3.89. The van der Waals surface area contributed by atoms with Crippen molar-refractivity contribution in [2.75, 3.05) is 23.3 Å². The van der Waals surface area contributed by atoms with E-state index in [1.54, 1.807) is 55.5 Å². The van der Waals surface area contributed by atoms with Crippen LogP contribution in [0.25, 0.3) is 0 Å². The van der Waals surface area contributed by atoms with Gasteiger partial charge in [0.1, 0.15) is 12.3 Å². The van der Waals surface area contributed by atoms with Gasteiger partial charge in [-0.3, -0.25) is 13.9 Å². The number of amides is 2. The van der Waals surface area contributed by atoms with Crippen molar-refractivity contribution in [2.45, 2.75) is 18.7 Å². The van der Waals surface area contributed by atoms with Crippen LogP contribution < -0.4 is 19.8 Å². The lowest BCUT2D eigenvalue weighted by Gasteiger charge is -2.25. The average molecular weight is 529 g/mol. The number of halogens is 1. The standard InChI is InChI=1S/C25H25ClN4O5S/c1-17(19-9-12-21(13-10-19)27-18(2)31)28-29-25(32)16-30(23-15-20(26)11-14-24(23)35-3)36(33,34)22-7-5-4-6-8-22/h4-15H,16H2,1-3H3,(H,27,31)(H,29,32)/b28-17-. The summed E-state index contributed by atoms with van der Waals surface area (Å²) in [6.07, 6.45) is 0.